The second kappa shape index (κ2) is 37.5. The Balaban J connectivity index is 0.000000166. The van der Waals surface area contributed by atoms with Crippen LogP contribution in [0.1, 0.15) is 259 Å². The van der Waals surface area contributed by atoms with Gasteiger partial charge in [-0.1, -0.05) is 60.7 Å². The van der Waals surface area contributed by atoms with Gasteiger partial charge in [-0.05, 0) is 243 Å². The summed E-state index contributed by atoms with van der Waals surface area (Å²) in [4.78, 5) is 151. The number of amides is 6. The zero-order valence-corrected chi connectivity index (χ0v) is 74.7. The van der Waals surface area contributed by atoms with Crippen molar-refractivity contribution in [3.8, 4) is 0 Å². The lowest BCUT2D eigenvalue weighted by atomic mass is 10.0. The van der Waals surface area contributed by atoms with E-state index in [1.165, 1.54) is 34.0 Å². The summed E-state index contributed by atoms with van der Waals surface area (Å²) in [6.45, 7) is 24.4. The number of rotatable bonds is 18. The zero-order valence-electron chi connectivity index (χ0n) is 74.7. The predicted octanol–water partition coefficient (Wildman–Crippen LogP) is 14.2. The molecular weight excluding hydrogens is 1600 g/mol. The third kappa shape index (κ3) is 22.6. The van der Waals surface area contributed by atoms with Crippen LogP contribution in [-0.2, 0) is 96.8 Å². The summed E-state index contributed by atoms with van der Waals surface area (Å²) in [5.41, 5.74) is 5.80. The van der Waals surface area contributed by atoms with E-state index in [0.29, 0.717) is 70.9 Å². The number of nitrogens with zero attached hydrogens (tertiary/aromatic N) is 9. The van der Waals surface area contributed by atoms with Crippen LogP contribution in [-0.4, -0.2) is 207 Å². The van der Waals surface area contributed by atoms with Gasteiger partial charge in [-0.2, -0.15) is 15.1 Å². The number of ether oxygens (including phenoxy) is 7. The largest absolute Gasteiger partial charge is 0.478 e. The van der Waals surface area contributed by atoms with Gasteiger partial charge in [0.1, 0.15) is 22.4 Å². The normalized spacial score (nSPS) is 16.5. The summed E-state index contributed by atoms with van der Waals surface area (Å²) >= 11 is 0. The van der Waals surface area contributed by atoms with Gasteiger partial charge in [0.05, 0.1) is 139 Å². The summed E-state index contributed by atoms with van der Waals surface area (Å²) in [6, 6.07) is 35.6. The molecule has 3 N–H and O–H groups in total. The van der Waals surface area contributed by atoms with Crippen LogP contribution in [0.5, 0.6) is 0 Å². The smallest absolute Gasteiger partial charge is 0.410 e. The lowest BCUT2D eigenvalue weighted by Crippen LogP contribution is -2.43. The monoisotopic (exact) mass is 1710 g/mol. The number of nitrogens with one attached hydrogen (secondary N) is 2. The quantitative estimate of drug-likeness (QED) is 0.0311. The molecule has 0 radical (unpaired) electrons. The van der Waals surface area contributed by atoms with Crippen molar-refractivity contribution in [1.82, 2.24) is 54.7 Å². The fourth-order valence-electron chi connectivity index (χ4n) is 14.9. The average Bonchev–Trinajstić information content (AvgIpc) is 1.59. The number of fused-ring (bicyclic) bond motifs is 2. The second-order valence-corrected chi connectivity index (χ2v) is 35.9. The summed E-state index contributed by atoms with van der Waals surface area (Å²) < 4.78 is 39.5. The first-order valence-corrected chi connectivity index (χ1v) is 41.3. The van der Waals surface area contributed by atoms with Gasteiger partial charge >= 0.3 is 54.2 Å². The van der Waals surface area contributed by atoms with E-state index in [4.69, 9.17) is 33.5 Å². The molecule has 2 aromatic heterocycles. The Morgan fingerprint density at radius 3 is 1.10 bits per heavy atom. The standard InChI is InChI=1S/C24H30N4O5.C23H28N4O5.C17H23NO4.C16H21NO4.C12H15NO3/c1-23(2,3)33-22(31)27-12-13-28-19(15-27)18(14-25-28)20(29)26(4)24(10-11-24)17-8-6-16(7-9-17)21(30)32-5;1-22(2,3)32-21(31)26-11-12-27-18(14-26)17(13-24-27)19(28)25(4)23(9-10-23)16-7-5-15(6-8-16)20(29)30;1-16(2,3)22-15(20)18(4)17(9-10-17)13-8-6-7-12(11-13)14(19)21-5;1-15(2,3)21-14(19)17-16(9-10-16)12-7-5-11(6-8-12)13(18)20-4;1-13-12(7-8-12)10-5-3-9(4-6-10)11(14)16-15-2/h6-9,14H,10-13,15H2,1-5H3;5-8,13H,9-12,14H2,1-4H3,(H,29,30);6-8,11H,9-10H2,1-5H3;5-8H,9-10H2,1-4H3,(H,17,19);3-6,13H,7-8H2,1-2H3. The number of carbonyl (C=O) groups excluding carboxylic acids is 10. The van der Waals surface area contributed by atoms with Crippen LogP contribution in [0.15, 0.2) is 134 Å². The van der Waals surface area contributed by atoms with Crippen molar-refractivity contribution in [2.75, 3.05) is 69.7 Å². The van der Waals surface area contributed by atoms with Gasteiger partial charge in [0, 0.05) is 39.8 Å². The molecule has 7 aromatic rings. The number of hydrogen-bond donors (Lipinski definition) is 3. The number of aromatic nitrogens is 4. The average molecular weight is 1710 g/mol. The molecule has 6 amide bonds. The minimum Gasteiger partial charge on any atom is -0.478 e. The van der Waals surface area contributed by atoms with E-state index in [-0.39, 0.29) is 65.1 Å². The molecule has 2 aliphatic heterocycles. The number of carboxylic acid groups (broad SMARTS) is 1. The Morgan fingerprint density at radius 2 is 0.758 bits per heavy atom. The molecule has 32 nitrogen and oxygen atoms in total. The molecule has 0 unspecified atom stereocenters. The number of carbonyl (C=O) groups is 11. The highest BCUT2D eigenvalue weighted by molar-refractivity contribution is 5.97. The number of methoxy groups -OCH3 is 3. The molecule has 5 aliphatic carbocycles. The summed E-state index contributed by atoms with van der Waals surface area (Å²) in [5, 5.41) is 24.1. The number of aromatic carboxylic acids is 1. The van der Waals surface area contributed by atoms with E-state index in [1.54, 1.807) is 140 Å². The molecule has 0 atom stereocenters. The molecule has 5 aromatic carbocycles. The van der Waals surface area contributed by atoms with Crippen molar-refractivity contribution < 1.29 is 101 Å². The van der Waals surface area contributed by atoms with Gasteiger partial charge in [0.2, 0.25) is 0 Å². The van der Waals surface area contributed by atoms with Crippen molar-refractivity contribution in [2.24, 2.45) is 0 Å². The lowest BCUT2D eigenvalue weighted by molar-refractivity contribution is -0.216. The highest BCUT2D eigenvalue weighted by atomic mass is 17.2. The third-order valence-corrected chi connectivity index (χ3v) is 22.6. The van der Waals surface area contributed by atoms with Gasteiger partial charge in [-0.25, -0.2) is 43.2 Å². The SMILES string of the molecule is CN(C(=O)c1cnn2c1CN(C(=O)OC(C)(C)C)CC2)C1(c2ccc(C(=O)O)cc2)CC1.CNC1(c2ccc(C(=O)OOC)cc2)CC1.COC(=O)c1ccc(C2(N(C)C(=O)c3cnn4c3CN(C(=O)OC(C)(C)C)CC4)CC2)cc1.COC(=O)c1ccc(C2(NC(=O)OC(C)(C)C)CC2)cc1.COC(=O)c1cccc(C2(N(C)C(=O)OC(C)(C)C)CC2)c1. The fourth-order valence-corrected chi connectivity index (χ4v) is 14.9. The minimum atomic E-state index is -0.980. The minimum absolute atomic E-state index is 0.129. The van der Waals surface area contributed by atoms with Crippen LogP contribution in [0.3, 0.4) is 0 Å². The first kappa shape index (κ1) is 94.1. The van der Waals surface area contributed by atoms with Crippen molar-refractivity contribution in [3.63, 3.8) is 0 Å². The van der Waals surface area contributed by atoms with Crippen molar-refractivity contribution in [3.05, 3.63) is 212 Å². The molecule has 666 valence electrons. The first-order chi connectivity index (χ1) is 58.2. The van der Waals surface area contributed by atoms with E-state index < -0.39 is 69.7 Å². The number of carboxylic acids is 1. The Kier molecular flexibility index (Phi) is 28.4. The van der Waals surface area contributed by atoms with E-state index >= 15 is 0 Å². The van der Waals surface area contributed by atoms with Gasteiger partial charge in [0.15, 0.2) is 0 Å². The first-order valence-electron chi connectivity index (χ1n) is 41.3. The number of alkyl carbamates (subject to hydrolysis) is 1. The maximum absolute atomic E-state index is 13.5. The molecule has 14 rings (SSSR count). The molecule has 124 heavy (non-hydrogen) atoms. The Hall–Kier alpha value is -12.2. The van der Waals surface area contributed by atoms with Crippen LogP contribution < -0.4 is 10.6 Å². The van der Waals surface area contributed by atoms with Crippen molar-refractivity contribution in [2.45, 2.75) is 224 Å². The molecule has 0 saturated heterocycles. The van der Waals surface area contributed by atoms with Crippen LogP contribution in [0.4, 0.5) is 19.2 Å². The summed E-state index contributed by atoms with van der Waals surface area (Å²) in [6.07, 6.45) is 10.6. The summed E-state index contributed by atoms with van der Waals surface area (Å²) in [7, 11) is 12.6. The van der Waals surface area contributed by atoms with Crippen molar-refractivity contribution >= 4 is 66.0 Å². The zero-order chi connectivity index (χ0) is 91.0. The van der Waals surface area contributed by atoms with Gasteiger partial charge in [0.25, 0.3) is 11.8 Å². The van der Waals surface area contributed by atoms with E-state index in [9.17, 15) is 52.7 Å². The number of hydrogen-bond acceptors (Lipinski definition) is 23. The Bertz CT molecular complexity index is 5070. The Morgan fingerprint density at radius 1 is 0.403 bits per heavy atom. The number of benzene rings is 5. The molecule has 0 spiro atoms. The predicted molar refractivity (Wildman–Crippen MR) is 455 cm³/mol. The molecule has 7 aliphatic rings. The van der Waals surface area contributed by atoms with E-state index in [2.05, 4.69) is 35.3 Å². The van der Waals surface area contributed by atoms with Crippen LogP contribution >= 0.6 is 0 Å². The highest BCUT2D eigenvalue weighted by Crippen LogP contribution is 2.54. The Labute approximate surface area is 723 Å². The maximum Gasteiger partial charge on any atom is 0.410 e. The van der Waals surface area contributed by atoms with Gasteiger partial charge in [-0.3, -0.25) is 23.8 Å². The highest BCUT2D eigenvalue weighted by Gasteiger charge is 2.54. The van der Waals surface area contributed by atoms with Crippen molar-refractivity contribution in [1.29, 1.82) is 0 Å². The lowest BCUT2D eigenvalue weighted by Gasteiger charge is -2.32. The molecule has 32 heteroatoms. The van der Waals surface area contributed by atoms with Gasteiger partial charge < -0.3 is 73.4 Å². The van der Waals surface area contributed by atoms with Crippen LogP contribution in [0.2, 0.25) is 0 Å². The molecule has 0 bridgehead atoms. The second-order valence-electron chi connectivity index (χ2n) is 35.9. The maximum atomic E-state index is 13.5. The van der Waals surface area contributed by atoms with Crippen LogP contribution in [0, 0.1) is 0 Å². The van der Waals surface area contributed by atoms with Gasteiger partial charge in [-0.15, -0.1) is 0 Å². The molecular formula is C92H117N11O21. The van der Waals surface area contributed by atoms with Crippen LogP contribution in [0.25, 0.3) is 0 Å². The molecule has 5 fully saturated rings. The molecule has 4 heterocycles. The third-order valence-electron chi connectivity index (χ3n) is 22.6. The van der Waals surface area contributed by atoms with E-state index in [0.717, 1.165) is 86.5 Å². The fraction of sp³-hybridized carbons (Fsp3) is 0.489. The van der Waals surface area contributed by atoms with E-state index in [1.807, 2.05) is 139 Å². The number of esters is 3. The topological polar surface area (TPSA) is 367 Å². The summed E-state index contributed by atoms with van der Waals surface area (Å²) in [5.74, 6) is -2.90. The molecule has 5 saturated carbocycles.